The number of phosphoric acid groups is 1. The first-order valence-electron chi connectivity index (χ1n) is 25.2. The normalized spacial score (nSPS) is 12.9. The van der Waals surface area contributed by atoms with Crippen molar-refractivity contribution in [1.82, 2.24) is 5.32 Å². The third-order valence-electron chi connectivity index (χ3n) is 10.9. The van der Waals surface area contributed by atoms with Crippen LogP contribution in [0.2, 0.25) is 0 Å². The minimum atomic E-state index is -4.58. The fourth-order valence-corrected chi connectivity index (χ4v) is 7.86. The quantitative estimate of drug-likeness (QED) is 0.0300. The summed E-state index contributed by atoms with van der Waals surface area (Å²) in [6.45, 7) is 4.28. The van der Waals surface area contributed by atoms with Gasteiger partial charge in [0.25, 0.3) is 0 Å². The molecule has 0 fully saturated rings. The van der Waals surface area contributed by atoms with Crippen molar-refractivity contribution < 1.29 is 56.9 Å². The minimum Gasteiger partial charge on any atom is -0.462 e. The van der Waals surface area contributed by atoms with Gasteiger partial charge in [0.2, 0.25) is 5.91 Å². The molecule has 0 rings (SSSR count). The molecule has 0 heterocycles. The molecule has 3 N–H and O–H groups in total. The molecule has 0 aliphatic rings. The first kappa shape index (κ1) is 60.4. The first-order chi connectivity index (χ1) is 30.2. The van der Waals surface area contributed by atoms with Gasteiger partial charge in [-0.05, 0) is 12.8 Å². The third-order valence-corrected chi connectivity index (χ3v) is 11.9. The summed E-state index contributed by atoms with van der Waals surface area (Å²) in [4.78, 5) is 47.6. The molecular weight excluding hydrogens is 813 g/mol. The number of phosphoric ester groups is 1. The molecule has 0 aliphatic heterocycles. The van der Waals surface area contributed by atoms with E-state index < -0.39 is 32.5 Å². The number of carbonyl (C=O) groups excluding carboxylic acids is 3. The van der Waals surface area contributed by atoms with Crippen LogP contribution in [-0.4, -0.2) is 93.3 Å². The van der Waals surface area contributed by atoms with Crippen LogP contribution in [0.4, 0.5) is 0 Å². The number of aliphatic hydroxyl groups excluding tert-OH is 1. The summed E-state index contributed by atoms with van der Waals surface area (Å²) in [6, 6.07) is 0. The molecule has 0 aromatic rings. The largest absolute Gasteiger partial charge is 0.472 e. The highest BCUT2D eigenvalue weighted by molar-refractivity contribution is 7.47. The van der Waals surface area contributed by atoms with Gasteiger partial charge in [-0.2, -0.15) is 0 Å². The van der Waals surface area contributed by atoms with Crippen LogP contribution in [0.25, 0.3) is 0 Å². The molecule has 0 saturated carbocycles. The van der Waals surface area contributed by atoms with Crippen LogP contribution in [0.3, 0.4) is 0 Å². The van der Waals surface area contributed by atoms with E-state index in [-0.39, 0.29) is 71.4 Å². The number of nitrogens with one attached hydrogen (secondary N) is 1. The fraction of sp³-hybridized carbons (Fsp3) is 0.938. The molecule has 1 amide bonds. The van der Waals surface area contributed by atoms with E-state index in [1.54, 1.807) is 0 Å². The molecule has 0 aromatic carbocycles. The molecule has 62 heavy (non-hydrogen) atoms. The Hall–Kier alpha value is -1.60. The molecular formula is C48H94NO12P. The van der Waals surface area contributed by atoms with E-state index >= 15 is 0 Å². The molecule has 0 aromatic heterocycles. The molecule has 0 spiro atoms. The number of unbranched alkanes of at least 4 members (excludes halogenated alkanes) is 28. The fourth-order valence-electron chi connectivity index (χ4n) is 7.11. The molecule has 0 radical (unpaired) electrons. The van der Waals surface area contributed by atoms with Crippen LogP contribution in [-0.2, 0) is 46.9 Å². The lowest BCUT2D eigenvalue weighted by Crippen LogP contribution is -2.30. The maximum Gasteiger partial charge on any atom is 0.472 e. The van der Waals surface area contributed by atoms with Crippen molar-refractivity contribution in [1.29, 1.82) is 0 Å². The van der Waals surface area contributed by atoms with Gasteiger partial charge in [-0.3, -0.25) is 23.4 Å². The van der Waals surface area contributed by atoms with Gasteiger partial charge < -0.3 is 34.3 Å². The van der Waals surface area contributed by atoms with E-state index in [4.69, 9.17) is 33.1 Å². The van der Waals surface area contributed by atoms with Gasteiger partial charge in [0.05, 0.1) is 46.2 Å². The predicted molar refractivity (Wildman–Crippen MR) is 248 cm³/mol. The maximum absolute atomic E-state index is 12.8. The van der Waals surface area contributed by atoms with Gasteiger partial charge >= 0.3 is 19.8 Å². The Morgan fingerprint density at radius 3 is 1.32 bits per heavy atom. The number of rotatable bonds is 50. The highest BCUT2D eigenvalue weighted by atomic mass is 31.2. The van der Waals surface area contributed by atoms with E-state index in [1.807, 2.05) is 0 Å². The first-order valence-corrected chi connectivity index (χ1v) is 26.7. The number of hydrogen-bond donors (Lipinski definition) is 3. The van der Waals surface area contributed by atoms with Crippen molar-refractivity contribution in [2.24, 2.45) is 0 Å². The summed E-state index contributed by atoms with van der Waals surface area (Å²) in [5, 5.41) is 11.3. The molecule has 13 nitrogen and oxygen atoms in total. The van der Waals surface area contributed by atoms with Gasteiger partial charge in [-0.1, -0.05) is 194 Å². The summed E-state index contributed by atoms with van der Waals surface area (Å²) in [6.07, 6.45) is 36.2. The zero-order valence-electron chi connectivity index (χ0n) is 39.7. The second-order valence-electron chi connectivity index (χ2n) is 16.8. The van der Waals surface area contributed by atoms with Gasteiger partial charge in [0.15, 0.2) is 6.10 Å². The maximum atomic E-state index is 12.8. The average molecular weight is 908 g/mol. The van der Waals surface area contributed by atoms with Crippen LogP contribution in [0, 0.1) is 0 Å². The predicted octanol–water partition coefficient (Wildman–Crippen LogP) is 11.6. The summed E-state index contributed by atoms with van der Waals surface area (Å²) in [5.74, 6) is -1.22. The molecule has 0 saturated heterocycles. The van der Waals surface area contributed by atoms with Crippen LogP contribution >= 0.6 is 7.82 Å². The highest BCUT2D eigenvalue weighted by Gasteiger charge is 2.26. The molecule has 2 unspecified atom stereocenters. The zero-order valence-corrected chi connectivity index (χ0v) is 40.6. The second kappa shape index (κ2) is 47.4. The van der Waals surface area contributed by atoms with Crippen molar-refractivity contribution in [3.8, 4) is 0 Å². The molecule has 14 heteroatoms. The highest BCUT2D eigenvalue weighted by Crippen LogP contribution is 2.43. The van der Waals surface area contributed by atoms with Crippen LogP contribution in [0.15, 0.2) is 0 Å². The summed E-state index contributed by atoms with van der Waals surface area (Å²) in [5.41, 5.74) is 0. The average Bonchev–Trinajstić information content (AvgIpc) is 3.25. The molecule has 0 bridgehead atoms. The molecule has 368 valence electrons. The van der Waals surface area contributed by atoms with Gasteiger partial charge in [-0.25, -0.2) is 4.57 Å². The Kier molecular flexibility index (Phi) is 46.1. The number of esters is 2. The smallest absolute Gasteiger partial charge is 0.462 e. The summed E-state index contributed by atoms with van der Waals surface area (Å²) < 4.78 is 44.1. The Balaban J connectivity index is 4.48. The second-order valence-corrected chi connectivity index (χ2v) is 18.3. The van der Waals surface area contributed by atoms with E-state index in [1.165, 1.54) is 141 Å². The zero-order chi connectivity index (χ0) is 45.5. The molecule has 2 atom stereocenters. The number of carbonyl (C=O) groups is 3. The summed E-state index contributed by atoms with van der Waals surface area (Å²) in [7, 11) is -4.58. The Morgan fingerprint density at radius 2 is 0.887 bits per heavy atom. The van der Waals surface area contributed by atoms with Gasteiger partial charge in [0, 0.05) is 25.8 Å². The van der Waals surface area contributed by atoms with Crippen molar-refractivity contribution in [3.05, 3.63) is 0 Å². The van der Waals surface area contributed by atoms with E-state index in [2.05, 4.69) is 19.2 Å². The van der Waals surface area contributed by atoms with Crippen molar-refractivity contribution in [3.63, 3.8) is 0 Å². The topological polar surface area (TPSA) is 176 Å². The van der Waals surface area contributed by atoms with E-state index in [0.717, 1.165) is 38.5 Å². The lowest BCUT2D eigenvalue weighted by Gasteiger charge is -2.20. The lowest BCUT2D eigenvalue weighted by molar-refractivity contribution is -0.161. The Morgan fingerprint density at radius 1 is 0.484 bits per heavy atom. The number of amides is 1. The van der Waals surface area contributed by atoms with Gasteiger partial charge in [-0.15, -0.1) is 0 Å². The van der Waals surface area contributed by atoms with Crippen LogP contribution < -0.4 is 5.32 Å². The van der Waals surface area contributed by atoms with Gasteiger partial charge in [0.1, 0.15) is 6.61 Å². The third kappa shape index (κ3) is 46.4. The summed E-state index contributed by atoms with van der Waals surface area (Å²) >= 11 is 0. The van der Waals surface area contributed by atoms with Crippen LogP contribution in [0.1, 0.15) is 226 Å². The number of ether oxygens (including phenoxy) is 4. The Labute approximate surface area is 378 Å². The van der Waals surface area contributed by atoms with Crippen LogP contribution in [0.5, 0.6) is 0 Å². The van der Waals surface area contributed by atoms with E-state index in [0.29, 0.717) is 19.4 Å². The number of hydrogen-bond acceptors (Lipinski definition) is 11. The SMILES string of the molecule is CCCCCCCCCCCCCCCCCC(=O)OCC(COP(=O)(O)OCCNC(=O)CCOCCOCCO)OC(=O)CCCCCCCCCCCCCCCCC. The van der Waals surface area contributed by atoms with Crippen molar-refractivity contribution >= 4 is 25.7 Å². The number of aliphatic hydroxyl groups is 1. The minimum absolute atomic E-state index is 0.0407. The standard InChI is InChI=1S/C48H94NO12P/c1-3-5-7-9-11-13-15-17-19-21-23-25-27-29-31-33-47(52)58-43-45(44-60-62(54,55)59-39-36-49-46(51)35-38-56-41-42-57-40-37-50)61-48(53)34-32-30-28-26-24-22-20-18-16-14-12-10-8-6-4-2/h45,50H,3-44H2,1-2H3,(H,49,51)(H,54,55). The van der Waals surface area contributed by atoms with E-state index in [9.17, 15) is 23.8 Å². The lowest BCUT2D eigenvalue weighted by atomic mass is 10.0. The monoisotopic (exact) mass is 908 g/mol. The van der Waals surface area contributed by atoms with Crippen molar-refractivity contribution in [2.45, 2.75) is 232 Å². The molecule has 0 aliphatic carbocycles. The Bertz CT molecular complexity index is 1050. The van der Waals surface area contributed by atoms with Crippen molar-refractivity contribution in [2.75, 3.05) is 59.4 Å².